The van der Waals surface area contributed by atoms with Gasteiger partial charge in [-0.2, -0.15) is 0 Å². The molecule has 0 bridgehead atoms. The van der Waals surface area contributed by atoms with Crippen LogP contribution in [0.5, 0.6) is 0 Å². The second-order valence-corrected chi connectivity index (χ2v) is 4.67. The Morgan fingerprint density at radius 2 is 2.24 bits per heavy atom. The van der Waals surface area contributed by atoms with Crippen molar-refractivity contribution in [2.45, 2.75) is 26.2 Å². The van der Waals surface area contributed by atoms with Crippen molar-refractivity contribution in [2.75, 3.05) is 6.54 Å². The standard InChI is InChI=1S/C13H18ClNO2/c1-9-4-5-10(12(14)7-9)8-11(13(16)17)3-2-6-15/h4-5,7,11H,2-3,6,8,15H2,1H3,(H,16,17). The maximum absolute atomic E-state index is 11.1. The van der Waals surface area contributed by atoms with Crippen LogP contribution in [0.15, 0.2) is 18.2 Å². The fraction of sp³-hybridized carbons (Fsp3) is 0.462. The molecule has 4 heteroatoms. The van der Waals surface area contributed by atoms with Crippen molar-refractivity contribution >= 4 is 17.6 Å². The molecule has 0 aromatic heterocycles. The highest BCUT2D eigenvalue weighted by Crippen LogP contribution is 2.22. The van der Waals surface area contributed by atoms with E-state index in [1.165, 1.54) is 0 Å². The zero-order chi connectivity index (χ0) is 12.8. The summed E-state index contributed by atoms with van der Waals surface area (Å²) < 4.78 is 0. The van der Waals surface area contributed by atoms with Gasteiger partial charge >= 0.3 is 5.97 Å². The molecule has 1 aromatic rings. The van der Waals surface area contributed by atoms with Crippen LogP contribution in [0.1, 0.15) is 24.0 Å². The Kier molecular flexibility index (Phi) is 5.45. The predicted molar refractivity (Wildman–Crippen MR) is 69.3 cm³/mol. The third-order valence-electron chi connectivity index (χ3n) is 2.78. The van der Waals surface area contributed by atoms with Gasteiger partial charge in [0.25, 0.3) is 0 Å². The van der Waals surface area contributed by atoms with E-state index in [-0.39, 0.29) is 0 Å². The van der Waals surface area contributed by atoms with E-state index in [1.54, 1.807) is 0 Å². The van der Waals surface area contributed by atoms with Crippen LogP contribution in [-0.4, -0.2) is 17.6 Å². The Labute approximate surface area is 107 Å². The van der Waals surface area contributed by atoms with Gasteiger partial charge in [0.1, 0.15) is 0 Å². The Morgan fingerprint density at radius 3 is 2.76 bits per heavy atom. The summed E-state index contributed by atoms with van der Waals surface area (Å²) in [6, 6.07) is 5.71. The maximum atomic E-state index is 11.1. The van der Waals surface area contributed by atoms with E-state index in [2.05, 4.69) is 0 Å². The number of carbonyl (C=O) groups is 1. The van der Waals surface area contributed by atoms with Crippen LogP contribution in [0.3, 0.4) is 0 Å². The van der Waals surface area contributed by atoms with E-state index in [0.717, 1.165) is 17.5 Å². The number of hydrogen-bond donors (Lipinski definition) is 2. The van der Waals surface area contributed by atoms with Gasteiger partial charge in [-0.1, -0.05) is 23.7 Å². The average molecular weight is 256 g/mol. The minimum absolute atomic E-state index is 0.404. The number of aryl methyl sites for hydroxylation is 1. The quantitative estimate of drug-likeness (QED) is 0.821. The van der Waals surface area contributed by atoms with Crippen LogP contribution in [-0.2, 0) is 11.2 Å². The third kappa shape index (κ3) is 4.36. The van der Waals surface area contributed by atoms with Crippen LogP contribution in [0.4, 0.5) is 0 Å². The second-order valence-electron chi connectivity index (χ2n) is 4.27. The molecule has 0 fully saturated rings. The van der Waals surface area contributed by atoms with E-state index in [1.807, 2.05) is 25.1 Å². The van der Waals surface area contributed by atoms with E-state index in [4.69, 9.17) is 22.4 Å². The number of carboxylic acids is 1. The fourth-order valence-electron chi connectivity index (χ4n) is 1.76. The Morgan fingerprint density at radius 1 is 1.53 bits per heavy atom. The first kappa shape index (κ1) is 14.0. The largest absolute Gasteiger partial charge is 0.481 e. The summed E-state index contributed by atoms with van der Waals surface area (Å²) in [4.78, 5) is 11.1. The van der Waals surface area contributed by atoms with E-state index in [0.29, 0.717) is 24.4 Å². The van der Waals surface area contributed by atoms with Gasteiger partial charge < -0.3 is 10.8 Å². The summed E-state index contributed by atoms with van der Waals surface area (Å²) in [7, 11) is 0. The summed E-state index contributed by atoms with van der Waals surface area (Å²) in [6.07, 6.45) is 1.78. The molecule has 0 amide bonds. The summed E-state index contributed by atoms with van der Waals surface area (Å²) >= 11 is 6.09. The molecule has 1 aromatic carbocycles. The average Bonchev–Trinajstić information content (AvgIpc) is 2.26. The first-order chi connectivity index (χ1) is 8.04. The predicted octanol–water partition coefficient (Wildman–Crippen LogP) is 2.63. The van der Waals surface area contributed by atoms with Gasteiger partial charge in [-0.05, 0) is 49.9 Å². The highest BCUT2D eigenvalue weighted by Gasteiger charge is 2.18. The molecule has 0 aliphatic carbocycles. The van der Waals surface area contributed by atoms with Crippen molar-refractivity contribution < 1.29 is 9.90 Å². The lowest BCUT2D eigenvalue weighted by atomic mass is 9.94. The Balaban J connectivity index is 2.75. The molecule has 0 spiro atoms. The molecule has 0 aliphatic rings. The zero-order valence-electron chi connectivity index (χ0n) is 9.95. The Bertz CT molecular complexity index is 393. The topological polar surface area (TPSA) is 63.3 Å². The fourth-order valence-corrected chi connectivity index (χ4v) is 2.07. The van der Waals surface area contributed by atoms with Crippen molar-refractivity contribution in [1.29, 1.82) is 0 Å². The minimum Gasteiger partial charge on any atom is -0.481 e. The number of benzene rings is 1. The molecule has 0 heterocycles. The molecular weight excluding hydrogens is 238 g/mol. The number of halogens is 1. The highest BCUT2D eigenvalue weighted by molar-refractivity contribution is 6.31. The van der Waals surface area contributed by atoms with Gasteiger partial charge in [0, 0.05) is 5.02 Å². The first-order valence-corrected chi connectivity index (χ1v) is 6.10. The SMILES string of the molecule is Cc1ccc(CC(CCCN)C(=O)O)c(Cl)c1. The molecule has 0 radical (unpaired) electrons. The van der Waals surface area contributed by atoms with Crippen LogP contribution in [0.25, 0.3) is 0 Å². The molecule has 0 saturated heterocycles. The summed E-state index contributed by atoms with van der Waals surface area (Å²) in [5, 5.41) is 9.77. The number of rotatable bonds is 6. The van der Waals surface area contributed by atoms with E-state index in [9.17, 15) is 4.79 Å². The molecule has 17 heavy (non-hydrogen) atoms. The minimum atomic E-state index is -0.782. The molecule has 1 unspecified atom stereocenters. The lowest BCUT2D eigenvalue weighted by Gasteiger charge is -2.13. The van der Waals surface area contributed by atoms with Gasteiger partial charge in [0.15, 0.2) is 0 Å². The van der Waals surface area contributed by atoms with Crippen molar-refractivity contribution in [3.8, 4) is 0 Å². The smallest absolute Gasteiger partial charge is 0.306 e. The van der Waals surface area contributed by atoms with Gasteiger partial charge in [-0.3, -0.25) is 4.79 Å². The summed E-state index contributed by atoms with van der Waals surface area (Å²) in [6.45, 7) is 2.48. The molecular formula is C13H18ClNO2. The lowest BCUT2D eigenvalue weighted by Crippen LogP contribution is -2.18. The maximum Gasteiger partial charge on any atom is 0.306 e. The van der Waals surface area contributed by atoms with Crippen LogP contribution in [0, 0.1) is 12.8 Å². The van der Waals surface area contributed by atoms with Gasteiger partial charge in [-0.15, -0.1) is 0 Å². The lowest BCUT2D eigenvalue weighted by molar-refractivity contribution is -0.141. The highest BCUT2D eigenvalue weighted by atomic mass is 35.5. The normalized spacial score (nSPS) is 12.4. The van der Waals surface area contributed by atoms with Crippen LogP contribution >= 0.6 is 11.6 Å². The number of carboxylic acid groups (broad SMARTS) is 1. The van der Waals surface area contributed by atoms with Crippen molar-refractivity contribution in [1.82, 2.24) is 0 Å². The molecule has 3 N–H and O–H groups in total. The van der Waals surface area contributed by atoms with Crippen molar-refractivity contribution in [2.24, 2.45) is 11.7 Å². The number of hydrogen-bond acceptors (Lipinski definition) is 2. The molecule has 1 rings (SSSR count). The Hall–Kier alpha value is -1.06. The van der Waals surface area contributed by atoms with Gasteiger partial charge in [0.2, 0.25) is 0 Å². The molecule has 3 nitrogen and oxygen atoms in total. The van der Waals surface area contributed by atoms with E-state index < -0.39 is 11.9 Å². The third-order valence-corrected chi connectivity index (χ3v) is 3.13. The molecule has 0 saturated carbocycles. The monoisotopic (exact) mass is 255 g/mol. The second kappa shape index (κ2) is 6.62. The van der Waals surface area contributed by atoms with Crippen molar-refractivity contribution in [3.63, 3.8) is 0 Å². The summed E-state index contributed by atoms with van der Waals surface area (Å²) in [5.41, 5.74) is 7.37. The number of aliphatic carboxylic acids is 1. The van der Waals surface area contributed by atoms with Crippen LogP contribution < -0.4 is 5.73 Å². The van der Waals surface area contributed by atoms with Gasteiger partial charge in [-0.25, -0.2) is 0 Å². The first-order valence-electron chi connectivity index (χ1n) is 5.72. The number of nitrogens with two attached hydrogens (primary N) is 1. The molecule has 1 atom stereocenters. The molecule has 94 valence electrons. The molecule has 0 aliphatic heterocycles. The zero-order valence-corrected chi connectivity index (χ0v) is 10.7. The van der Waals surface area contributed by atoms with Crippen molar-refractivity contribution in [3.05, 3.63) is 34.3 Å². The van der Waals surface area contributed by atoms with Gasteiger partial charge in [0.05, 0.1) is 5.92 Å². The van der Waals surface area contributed by atoms with E-state index >= 15 is 0 Å². The summed E-state index contributed by atoms with van der Waals surface area (Å²) in [5.74, 6) is -1.19. The van der Waals surface area contributed by atoms with Crippen LogP contribution in [0.2, 0.25) is 5.02 Å².